The van der Waals surface area contributed by atoms with Gasteiger partial charge in [-0.2, -0.15) is 0 Å². The third-order valence-corrected chi connectivity index (χ3v) is 5.94. The van der Waals surface area contributed by atoms with Gasteiger partial charge in [-0.3, -0.25) is 14.5 Å². The lowest BCUT2D eigenvalue weighted by atomic mass is 9.96. The second-order valence-corrected chi connectivity index (χ2v) is 8.59. The second-order valence-electron chi connectivity index (χ2n) is 8.15. The van der Waals surface area contributed by atoms with E-state index in [0.717, 1.165) is 32.0 Å². The summed E-state index contributed by atoms with van der Waals surface area (Å²) in [6.07, 6.45) is -0.266. The van der Waals surface area contributed by atoms with E-state index in [1.54, 1.807) is 17.0 Å². The zero-order chi connectivity index (χ0) is 25.3. The van der Waals surface area contributed by atoms with E-state index in [0.29, 0.717) is 22.0 Å². The van der Waals surface area contributed by atoms with Crippen LogP contribution in [-0.4, -0.2) is 43.4 Å². The van der Waals surface area contributed by atoms with Crippen LogP contribution in [0.3, 0.4) is 0 Å². The number of benzene rings is 3. The van der Waals surface area contributed by atoms with Crippen LogP contribution in [0.1, 0.15) is 18.0 Å². The number of ether oxygens (including phenoxy) is 2. The number of halogens is 1. The number of aliphatic carboxylic acids is 1. The maximum absolute atomic E-state index is 13.5. The summed E-state index contributed by atoms with van der Waals surface area (Å²) in [4.78, 5) is 26.9. The number of hydrogen-bond acceptors (Lipinski definition) is 5. The lowest BCUT2D eigenvalue weighted by Crippen LogP contribution is -2.31. The maximum atomic E-state index is 13.5. The molecule has 2 heterocycles. The molecular weight excluding hydrogens is 480 g/mol. The fraction of sp³-hybridized carbons (Fsp3) is 0.214. The van der Waals surface area contributed by atoms with E-state index in [9.17, 15) is 14.7 Å². The summed E-state index contributed by atoms with van der Waals surface area (Å²) in [6.45, 7) is 3.11. The average Bonchev–Trinajstić information content (AvgIpc) is 3.17. The van der Waals surface area contributed by atoms with E-state index in [2.05, 4.69) is 5.32 Å². The van der Waals surface area contributed by atoms with Gasteiger partial charge in [0.05, 0.1) is 38.9 Å². The van der Waals surface area contributed by atoms with Crippen LogP contribution < -0.4 is 10.2 Å². The summed E-state index contributed by atoms with van der Waals surface area (Å²) in [5.74, 6) is -1.28. The number of nitrogens with zero attached hydrogens (tertiary/aromatic N) is 1. The Morgan fingerprint density at radius 2 is 1.44 bits per heavy atom. The Balaban J connectivity index is 0.000000445. The summed E-state index contributed by atoms with van der Waals surface area (Å²) in [5.41, 5.74) is 2.98. The molecule has 2 aliphatic rings. The zero-order valence-electron chi connectivity index (χ0n) is 19.6. The third kappa shape index (κ3) is 6.31. The van der Waals surface area contributed by atoms with Crippen molar-refractivity contribution in [3.8, 4) is 0 Å². The van der Waals surface area contributed by atoms with Crippen LogP contribution in [0.15, 0.2) is 96.2 Å². The Bertz CT molecular complexity index is 1180. The molecule has 2 N–H and O–H groups in total. The quantitative estimate of drug-likeness (QED) is 0.471. The molecule has 7 nitrogen and oxygen atoms in total. The summed E-state index contributed by atoms with van der Waals surface area (Å²) < 4.78 is 9.89. The molecule has 1 atom stereocenters. The van der Waals surface area contributed by atoms with Crippen LogP contribution in [0.2, 0.25) is 5.02 Å². The van der Waals surface area contributed by atoms with Crippen molar-refractivity contribution in [1.29, 1.82) is 0 Å². The Kier molecular flexibility index (Phi) is 8.73. The zero-order valence-corrected chi connectivity index (χ0v) is 20.4. The van der Waals surface area contributed by atoms with Crippen molar-refractivity contribution in [2.75, 3.05) is 36.6 Å². The van der Waals surface area contributed by atoms with Gasteiger partial charge in [-0.1, -0.05) is 60.1 Å². The number of carbonyl (C=O) groups excluding carboxylic acids is 1. The first-order chi connectivity index (χ1) is 17.5. The molecule has 186 valence electrons. The lowest BCUT2D eigenvalue weighted by molar-refractivity contribution is -0.136. The van der Waals surface area contributed by atoms with Gasteiger partial charge in [0.1, 0.15) is 5.70 Å². The number of rotatable bonds is 6. The van der Waals surface area contributed by atoms with Gasteiger partial charge >= 0.3 is 5.97 Å². The number of carbonyl (C=O) groups is 2. The predicted molar refractivity (Wildman–Crippen MR) is 139 cm³/mol. The molecule has 8 heteroatoms. The minimum atomic E-state index is -1.00. The Labute approximate surface area is 214 Å². The van der Waals surface area contributed by atoms with E-state index in [1.165, 1.54) is 0 Å². The minimum Gasteiger partial charge on any atom is -0.481 e. The van der Waals surface area contributed by atoms with Gasteiger partial charge in [-0.05, 0) is 47.5 Å². The number of carboxylic acid groups (broad SMARTS) is 1. The summed E-state index contributed by atoms with van der Waals surface area (Å²) in [6, 6.07) is 25.1. The Morgan fingerprint density at radius 1 is 0.889 bits per heavy atom. The maximum Gasteiger partial charge on any atom is 0.307 e. The smallest absolute Gasteiger partial charge is 0.307 e. The van der Waals surface area contributed by atoms with E-state index in [-0.39, 0.29) is 18.0 Å². The topological polar surface area (TPSA) is 88.1 Å². The lowest BCUT2D eigenvalue weighted by Gasteiger charge is -2.27. The molecule has 1 unspecified atom stereocenters. The molecule has 2 aliphatic heterocycles. The van der Waals surface area contributed by atoms with Crippen LogP contribution in [0.5, 0.6) is 0 Å². The number of hydrogen-bond donors (Lipinski definition) is 2. The molecule has 36 heavy (non-hydrogen) atoms. The predicted octanol–water partition coefficient (Wildman–Crippen LogP) is 5.30. The molecule has 3 aromatic carbocycles. The first kappa shape index (κ1) is 25.4. The van der Waals surface area contributed by atoms with E-state index >= 15 is 0 Å². The SMILES string of the molecule is C1COCCO1.O=C(O)CC1=C(Nc2ccccc2)C(=O)N(c2ccccc2)C1c1ccc(Cl)cc1. The molecule has 0 aromatic heterocycles. The molecule has 1 saturated heterocycles. The molecule has 0 bridgehead atoms. The highest BCUT2D eigenvalue weighted by atomic mass is 35.5. The fourth-order valence-electron chi connectivity index (χ4n) is 4.11. The molecule has 5 rings (SSSR count). The molecule has 0 aliphatic carbocycles. The van der Waals surface area contributed by atoms with Crippen molar-refractivity contribution in [3.05, 3.63) is 107 Å². The van der Waals surface area contributed by atoms with Crippen molar-refractivity contribution >= 4 is 34.9 Å². The van der Waals surface area contributed by atoms with Gasteiger partial charge in [-0.25, -0.2) is 0 Å². The summed E-state index contributed by atoms with van der Waals surface area (Å²) >= 11 is 6.06. The van der Waals surface area contributed by atoms with Crippen molar-refractivity contribution in [1.82, 2.24) is 0 Å². The van der Waals surface area contributed by atoms with Gasteiger partial charge in [0.2, 0.25) is 0 Å². The van der Waals surface area contributed by atoms with Crippen LogP contribution in [-0.2, 0) is 19.1 Å². The van der Waals surface area contributed by atoms with Gasteiger partial charge < -0.3 is 19.9 Å². The van der Waals surface area contributed by atoms with Crippen LogP contribution in [0.25, 0.3) is 0 Å². The molecule has 1 amide bonds. The van der Waals surface area contributed by atoms with E-state index < -0.39 is 12.0 Å². The largest absolute Gasteiger partial charge is 0.481 e. The fourth-order valence-corrected chi connectivity index (χ4v) is 4.23. The molecule has 0 radical (unpaired) electrons. The van der Waals surface area contributed by atoms with Gasteiger partial charge in [0.15, 0.2) is 0 Å². The highest BCUT2D eigenvalue weighted by Gasteiger charge is 2.41. The number of nitrogens with one attached hydrogen (secondary N) is 1. The summed E-state index contributed by atoms with van der Waals surface area (Å²) in [7, 11) is 0. The second kappa shape index (κ2) is 12.4. The number of amides is 1. The van der Waals surface area contributed by atoms with Crippen molar-refractivity contribution in [2.45, 2.75) is 12.5 Å². The Hall–Kier alpha value is -3.65. The molecular formula is C28H27ClN2O5. The van der Waals surface area contributed by atoms with Crippen molar-refractivity contribution in [3.63, 3.8) is 0 Å². The normalized spacial score (nSPS) is 17.4. The number of anilines is 2. The summed E-state index contributed by atoms with van der Waals surface area (Å²) in [5, 5.41) is 13.3. The van der Waals surface area contributed by atoms with E-state index in [4.69, 9.17) is 21.1 Å². The number of carboxylic acids is 1. The molecule has 0 spiro atoms. The van der Waals surface area contributed by atoms with Gasteiger partial charge in [0, 0.05) is 16.4 Å². The monoisotopic (exact) mass is 506 g/mol. The van der Waals surface area contributed by atoms with Crippen molar-refractivity contribution in [2.24, 2.45) is 0 Å². The minimum absolute atomic E-state index is 0.266. The van der Waals surface area contributed by atoms with Crippen LogP contribution in [0, 0.1) is 0 Å². The molecule has 1 fully saturated rings. The standard InChI is InChI=1S/C24H19ClN2O3.C4H8O2/c25-17-13-11-16(12-14-17)23-20(15-21(28)29)22(26-18-7-3-1-4-8-18)24(30)27(23)19-9-5-2-6-10-19;1-2-6-4-3-5-1/h1-14,23,26H,15H2,(H,28,29);1-4H2. The Morgan fingerprint density at radius 3 is 1.97 bits per heavy atom. The molecule has 3 aromatic rings. The molecule has 0 saturated carbocycles. The average molecular weight is 507 g/mol. The highest BCUT2D eigenvalue weighted by molar-refractivity contribution is 6.30. The van der Waals surface area contributed by atoms with Crippen LogP contribution in [0.4, 0.5) is 11.4 Å². The van der Waals surface area contributed by atoms with Gasteiger partial charge in [-0.15, -0.1) is 0 Å². The van der Waals surface area contributed by atoms with E-state index in [1.807, 2.05) is 72.8 Å². The first-order valence-electron chi connectivity index (χ1n) is 11.6. The van der Waals surface area contributed by atoms with Crippen molar-refractivity contribution < 1.29 is 24.2 Å². The third-order valence-electron chi connectivity index (χ3n) is 5.69. The number of para-hydroxylation sites is 2. The van der Waals surface area contributed by atoms with Crippen LogP contribution >= 0.6 is 11.6 Å². The van der Waals surface area contributed by atoms with Gasteiger partial charge in [0.25, 0.3) is 5.91 Å². The highest BCUT2D eigenvalue weighted by Crippen LogP contribution is 2.43. The first-order valence-corrected chi connectivity index (χ1v) is 12.0.